The molecule has 2 heterocycles. The SMILES string of the molecule is CC1(C)C2OCCC2C1(N)C(=O)Nc1ccc(Cl)cn1. The van der Waals surface area contributed by atoms with Gasteiger partial charge in [-0.1, -0.05) is 25.4 Å². The molecule has 1 aliphatic carbocycles. The molecule has 20 heavy (non-hydrogen) atoms. The van der Waals surface area contributed by atoms with Gasteiger partial charge in [-0.25, -0.2) is 4.98 Å². The molecule has 3 atom stereocenters. The fourth-order valence-corrected chi connectivity index (χ4v) is 3.63. The average molecular weight is 296 g/mol. The van der Waals surface area contributed by atoms with E-state index in [-0.39, 0.29) is 23.3 Å². The molecule has 1 aromatic heterocycles. The molecule has 2 fully saturated rings. The third-order valence-electron chi connectivity index (χ3n) is 4.80. The molecule has 1 aromatic rings. The number of pyridine rings is 1. The summed E-state index contributed by atoms with van der Waals surface area (Å²) in [7, 11) is 0. The van der Waals surface area contributed by atoms with Gasteiger partial charge in [0.15, 0.2) is 0 Å². The Morgan fingerprint density at radius 1 is 1.55 bits per heavy atom. The fourth-order valence-electron chi connectivity index (χ4n) is 3.51. The molecule has 6 heteroatoms. The van der Waals surface area contributed by atoms with Crippen molar-refractivity contribution in [2.75, 3.05) is 11.9 Å². The van der Waals surface area contributed by atoms with Gasteiger partial charge in [-0.05, 0) is 18.6 Å². The second-order valence-corrected chi connectivity index (χ2v) is 6.53. The van der Waals surface area contributed by atoms with Crippen molar-refractivity contribution < 1.29 is 9.53 Å². The summed E-state index contributed by atoms with van der Waals surface area (Å²) in [5.41, 5.74) is 5.14. The lowest BCUT2D eigenvalue weighted by Gasteiger charge is -2.60. The number of anilines is 1. The average Bonchev–Trinajstić information content (AvgIpc) is 2.88. The summed E-state index contributed by atoms with van der Waals surface area (Å²) in [5.74, 6) is 0.330. The van der Waals surface area contributed by atoms with E-state index in [4.69, 9.17) is 22.1 Å². The van der Waals surface area contributed by atoms with Crippen molar-refractivity contribution in [2.45, 2.75) is 31.9 Å². The van der Waals surface area contributed by atoms with Gasteiger partial charge in [-0.2, -0.15) is 0 Å². The van der Waals surface area contributed by atoms with Crippen molar-refractivity contribution >= 4 is 23.3 Å². The summed E-state index contributed by atoms with van der Waals surface area (Å²) in [6.45, 7) is 4.63. The Morgan fingerprint density at radius 3 is 2.95 bits per heavy atom. The molecule has 3 rings (SSSR count). The number of halogens is 1. The molecular formula is C14H18ClN3O2. The molecule has 1 amide bonds. The number of nitrogens with one attached hydrogen (secondary N) is 1. The van der Waals surface area contributed by atoms with Crippen LogP contribution in [0.25, 0.3) is 0 Å². The number of carbonyl (C=O) groups excluding carboxylic acids is 1. The van der Waals surface area contributed by atoms with E-state index in [1.807, 2.05) is 13.8 Å². The Morgan fingerprint density at radius 2 is 2.30 bits per heavy atom. The van der Waals surface area contributed by atoms with Crippen LogP contribution in [0.5, 0.6) is 0 Å². The van der Waals surface area contributed by atoms with Crippen LogP contribution in [0.2, 0.25) is 5.02 Å². The zero-order valence-electron chi connectivity index (χ0n) is 11.5. The summed E-state index contributed by atoms with van der Waals surface area (Å²) >= 11 is 5.78. The van der Waals surface area contributed by atoms with E-state index in [0.717, 1.165) is 6.42 Å². The minimum atomic E-state index is -0.921. The Kier molecular flexibility index (Phi) is 3.04. The van der Waals surface area contributed by atoms with Crippen LogP contribution in [0.4, 0.5) is 5.82 Å². The van der Waals surface area contributed by atoms with Crippen molar-refractivity contribution in [3.8, 4) is 0 Å². The lowest BCUT2D eigenvalue weighted by molar-refractivity contribution is -0.170. The number of hydrogen-bond acceptors (Lipinski definition) is 4. The molecule has 108 valence electrons. The highest BCUT2D eigenvalue weighted by atomic mass is 35.5. The van der Waals surface area contributed by atoms with Gasteiger partial charge in [0.1, 0.15) is 11.4 Å². The maximum atomic E-state index is 12.6. The molecule has 1 saturated heterocycles. The van der Waals surface area contributed by atoms with E-state index >= 15 is 0 Å². The molecule has 0 bridgehead atoms. The number of carbonyl (C=O) groups is 1. The summed E-state index contributed by atoms with van der Waals surface area (Å²) in [5, 5.41) is 3.32. The Hall–Kier alpha value is -1.17. The van der Waals surface area contributed by atoms with Crippen LogP contribution < -0.4 is 11.1 Å². The first-order chi connectivity index (χ1) is 9.37. The van der Waals surface area contributed by atoms with Crippen LogP contribution in [-0.4, -0.2) is 29.1 Å². The quantitative estimate of drug-likeness (QED) is 0.872. The number of amides is 1. The van der Waals surface area contributed by atoms with Crippen LogP contribution in [0.15, 0.2) is 18.3 Å². The minimum absolute atomic E-state index is 0.0661. The van der Waals surface area contributed by atoms with E-state index in [0.29, 0.717) is 17.4 Å². The van der Waals surface area contributed by atoms with Gasteiger partial charge in [0.05, 0.1) is 11.1 Å². The summed E-state index contributed by atoms with van der Waals surface area (Å²) in [4.78, 5) is 16.7. The number of nitrogens with two attached hydrogens (primary N) is 1. The van der Waals surface area contributed by atoms with Gasteiger partial charge < -0.3 is 15.8 Å². The van der Waals surface area contributed by atoms with E-state index in [9.17, 15) is 4.79 Å². The van der Waals surface area contributed by atoms with Crippen LogP contribution >= 0.6 is 11.6 Å². The molecule has 3 unspecified atom stereocenters. The highest BCUT2D eigenvalue weighted by Gasteiger charge is 2.71. The van der Waals surface area contributed by atoms with E-state index in [1.54, 1.807) is 12.1 Å². The normalized spacial score (nSPS) is 34.2. The maximum Gasteiger partial charge on any atom is 0.246 e. The number of hydrogen-bond donors (Lipinski definition) is 2. The number of fused-ring (bicyclic) bond motifs is 1. The van der Waals surface area contributed by atoms with Crippen molar-refractivity contribution in [1.82, 2.24) is 4.98 Å². The predicted molar refractivity (Wildman–Crippen MR) is 76.4 cm³/mol. The smallest absolute Gasteiger partial charge is 0.246 e. The van der Waals surface area contributed by atoms with Crippen LogP contribution in [-0.2, 0) is 9.53 Å². The zero-order valence-corrected chi connectivity index (χ0v) is 12.3. The number of nitrogens with zero attached hydrogens (tertiary/aromatic N) is 1. The molecule has 0 aromatic carbocycles. The third kappa shape index (κ3) is 1.70. The Labute approximate surface area is 122 Å². The van der Waals surface area contributed by atoms with Gasteiger partial charge in [-0.3, -0.25) is 4.79 Å². The molecule has 0 radical (unpaired) electrons. The van der Waals surface area contributed by atoms with Crippen molar-refractivity contribution in [2.24, 2.45) is 17.1 Å². The largest absolute Gasteiger partial charge is 0.377 e. The number of rotatable bonds is 2. The highest BCUT2D eigenvalue weighted by Crippen LogP contribution is 2.58. The minimum Gasteiger partial charge on any atom is -0.377 e. The number of aromatic nitrogens is 1. The van der Waals surface area contributed by atoms with Crippen LogP contribution in [0.3, 0.4) is 0 Å². The first-order valence-electron chi connectivity index (χ1n) is 6.71. The highest BCUT2D eigenvalue weighted by molar-refractivity contribution is 6.30. The molecule has 0 spiro atoms. The van der Waals surface area contributed by atoms with E-state index in [2.05, 4.69) is 10.3 Å². The number of ether oxygens (including phenoxy) is 1. The molecule has 2 aliphatic rings. The van der Waals surface area contributed by atoms with Crippen molar-refractivity contribution in [3.05, 3.63) is 23.4 Å². The van der Waals surface area contributed by atoms with Gasteiger partial charge in [-0.15, -0.1) is 0 Å². The lowest BCUT2D eigenvalue weighted by atomic mass is 9.48. The van der Waals surface area contributed by atoms with Gasteiger partial charge in [0.2, 0.25) is 5.91 Å². The van der Waals surface area contributed by atoms with Crippen LogP contribution in [0, 0.1) is 11.3 Å². The molecule has 5 nitrogen and oxygen atoms in total. The molecular weight excluding hydrogens is 278 g/mol. The van der Waals surface area contributed by atoms with Gasteiger partial charge in [0.25, 0.3) is 0 Å². The first kappa shape index (κ1) is 13.8. The standard InChI is InChI=1S/C14H18ClN3O2/c1-13(2)11-9(5-6-20-11)14(13,16)12(19)18-10-4-3-8(15)7-17-10/h3-4,7,9,11H,5-6,16H2,1-2H3,(H,17,18,19). The van der Waals surface area contributed by atoms with Gasteiger partial charge in [0, 0.05) is 24.1 Å². The summed E-state index contributed by atoms with van der Waals surface area (Å²) in [6.07, 6.45) is 2.39. The Balaban J connectivity index is 1.81. The van der Waals surface area contributed by atoms with Gasteiger partial charge >= 0.3 is 0 Å². The van der Waals surface area contributed by atoms with E-state index in [1.165, 1.54) is 6.20 Å². The second kappa shape index (κ2) is 4.41. The van der Waals surface area contributed by atoms with Crippen LogP contribution in [0.1, 0.15) is 20.3 Å². The topological polar surface area (TPSA) is 77.2 Å². The molecule has 1 aliphatic heterocycles. The molecule has 1 saturated carbocycles. The van der Waals surface area contributed by atoms with E-state index < -0.39 is 5.54 Å². The first-order valence-corrected chi connectivity index (χ1v) is 7.08. The lowest BCUT2D eigenvalue weighted by Crippen LogP contribution is -2.79. The summed E-state index contributed by atoms with van der Waals surface area (Å²) in [6, 6.07) is 3.35. The second-order valence-electron chi connectivity index (χ2n) is 6.09. The third-order valence-corrected chi connectivity index (χ3v) is 5.02. The van der Waals surface area contributed by atoms with Crippen molar-refractivity contribution in [1.29, 1.82) is 0 Å². The maximum absolute atomic E-state index is 12.6. The van der Waals surface area contributed by atoms with Crippen molar-refractivity contribution in [3.63, 3.8) is 0 Å². The molecule has 3 N–H and O–H groups in total. The zero-order chi connectivity index (χ0) is 14.5. The Bertz CT molecular complexity index is 546. The summed E-state index contributed by atoms with van der Waals surface area (Å²) < 4.78 is 5.69. The monoisotopic (exact) mass is 295 g/mol. The fraction of sp³-hybridized carbons (Fsp3) is 0.571. The predicted octanol–water partition coefficient (Wildman–Crippen LogP) is 1.82.